The fourth-order valence-corrected chi connectivity index (χ4v) is 4.27. The molecule has 8 heteroatoms. The van der Waals surface area contributed by atoms with Crippen LogP contribution in [0.3, 0.4) is 0 Å². The molecule has 1 atom stereocenters. The Kier molecular flexibility index (Phi) is 6.46. The molecule has 31 heavy (non-hydrogen) atoms. The summed E-state index contributed by atoms with van der Waals surface area (Å²) in [5.74, 6) is 1.31. The highest BCUT2D eigenvalue weighted by Gasteiger charge is 2.30. The van der Waals surface area contributed by atoms with Crippen molar-refractivity contribution in [2.75, 3.05) is 45.2 Å². The van der Waals surface area contributed by atoms with Crippen molar-refractivity contribution in [2.24, 2.45) is 0 Å². The number of likely N-dealkylation sites (tertiary alicyclic amines) is 2. The van der Waals surface area contributed by atoms with Gasteiger partial charge in [-0.2, -0.15) is 0 Å². The first-order valence-electron chi connectivity index (χ1n) is 10.8. The lowest BCUT2D eigenvalue weighted by atomic mass is 10.1. The molecule has 2 aliphatic rings. The van der Waals surface area contributed by atoms with Gasteiger partial charge in [0.25, 0.3) is 5.91 Å². The van der Waals surface area contributed by atoms with Crippen LogP contribution >= 0.6 is 0 Å². The number of carbonyl (C=O) groups is 2. The van der Waals surface area contributed by atoms with Gasteiger partial charge in [0.15, 0.2) is 0 Å². The maximum atomic E-state index is 12.7. The molecule has 0 saturated carbocycles. The van der Waals surface area contributed by atoms with Gasteiger partial charge >= 0.3 is 0 Å². The fourth-order valence-electron chi connectivity index (χ4n) is 4.27. The number of aromatic nitrogens is 2. The number of hydrogen-bond acceptors (Lipinski definition) is 6. The van der Waals surface area contributed by atoms with E-state index in [2.05, 4.69) is 20.2 Å². The number of amides is 2. The highest BCUT2D eigenvalue weighted by atomic mass is 16.5. The summed E-state index contributed by atoms with van der Waals surface area (Å²) in [5, 5.41) is 2.86. The Labute approximate surface area is 182 Å². The van der Waals surface area contributed by atoms with Crippen LogP contribution in [0.25, 0.3) is 0 Å². The van der Waals surface area contributed by atoms with Gasteiger partial charge < -0.3 is 15.0 Å². The first-order chi connectivity index (χ1) is 15.0. The van der Waals surface area contributed by atoms with Gasteiger partial charge in [-0.3, -0.25) is 14.5 Å². The molecule has 8 nitrogen and oxygen atoms in total. The van der Waals surface area contributed by atoms with Crippen molar-refractivity contribution in [1.29, 1.82) is 0 Å². The summed E-state index contributed by atoms with van der Waals surface area (Å²) < 4.78 is 5.29. The molecule has 0 radical (unpaired) electrons. The molecule has 1 N–H and O–H groups in total. The normalized spacial score (nSPS) is 18.9. The number of methoxy groups -OCH3 is 1. The van der Waals surface area contributed by atoms with Crippen LogP contribution in [-0.2, 0) is 4.79 Å². The van der Waals surface area contributed by atoms with Crippen LogP contribution in [0.5, 0.6) is 5.75 Å². The van der Waals surface area contributed by atoms with E-state index in [9.17, 15) is 9.59 Å². The van der Waals surface area contributed by atoms with E-state index in [4.69, 9.17) is 4.74 Å². The minimum Gasteiger partial charge on any atom is -0.495 e. The molecular formula is C23H29N5O3. The summed E-state index contributed by atoms with van der Waals surface area (Å²) >= 11 is 0. The number of anilines is 1. The molecule has 164 valence electrons. The maximum absolute atomic E-state index is 12.7. The number of hydrogen-bond donors (Lipinski definition) is 1. The maximum Gasteiger partial charge on any atom is 0.259 e. The molecule has 2 fully saturated rings. The van der Waals surface area contributed by atoms with Gasteiger partial charge in [-0.1, -0.05) is 12.1 Å². The molecule has 1 aromatic carbocycles. The highest BCUT2D eigenvalue weighted by Crippen LogP contribution is 2.27. The van der Waals surface area contributed by atoms with Crippen LogP contribution in [0.4, 0.5) is 5.69 Å². The zero-order valence-corrected chi connectivity index (χ0v) is 18.1. The predicted molar refractivity (Wildman–Crippen MR) is 117 cm³/mol. The van der Waals surface area contributed by atoms with E-state index in [0.717, 1.165) is 26.1 Å². The van der Waals surface area contributed by atoms with Crippen molar-refractivity contribution in [1.82, 2.24) is 19.8 Å². The Morgan fingerprint density at radius 1 is 1.19 bits per heavy atom. The number of para-hydroxylation sites is 2. The summed E-state index contributed by atoms with van der Waals surface area (Å²) in [7, 11) is 1.56. The molecule has 2 saturated heterocycles. The Morgan fingerprint density at radius 2 is 1.97 bits per heavy atom. The lowest BCUT2D eigenvalue weighted by Gasteiger charge is -2.20. The van der Waals surface area contributed by atoms with Crippen LogP contribution in [0.1, 0.15) is 47.1 Å². The average Bonchev–Trinajstić information content (AvgIpc) is 3.46. The summed E-state index contributed by atoms with van der Waals surface area (Å²) in [6.45, 7) is 5.73. The molecule has 4 rings (SSSR count). The van der Waals surface area contributed by atoms with E-state index >= 15 is 0 Å². The van der Waals surface area contributed by atoms with Gasteiger partial charge in [0, 0.05) is 25.2 Å². The van der Waals surface area contributed by atoms with Crippen molar-refractivity contribution in [2.45, 2.75) is 32.1 Å². The molecule has 2 aromatic rings. The van der Waals surface area contributed by atoms with Gasteiger partial charge in [-0.15, -0.1) is 0 Å². The lowest BCUT2D eigenvalue weighted by molar-refractivity contribution is -0.131. The largest absolute Gasteiger partial charge is 0.495 e. The third kappa shape index (κ3) is 4.85. The number of benzene rings is 1. The van der Waals surface area contributed by atoms with Gasteiger partial charge in [0.2, 0.25) is 5.91 Å². The number of carbonyl (C=O) groups excluding carboxylic acids is 2. The number of nitrogens with one attached hydrogen (secondary N) is 1. The standard InChI is InChI=1S/C23H29N5O3/c1-16-18(23(30)26-19-7-3-4-8-20(19)31-2)13-24-22(25-16)17-9-12-28(14-17)21(29)15-27-10-5-6-11-27/h3-4,7-8,13,17H,5-6,9-12,14-15H2,1-2H3,(H,26,30). The van der Waals surface area contributed by atoms with Crippen molar-refractivity contribution in [3.8, 4) is 5.75 Å². The SMILES string of the molecule is COc1ccccc1NC(=O)c1cnc(C2CCN(C(=O)CN3CCCC3)C2)nc1C. The van der Waals surface area contributed by atoms with Gasteiger partial charge in [0.05, 0.1) is 30.6 Å². The van der Waals surface area contributed by atoms with Crippen molar-refractivity contribution in [3.05, 3.63) is 47.5 Å². The van der Waals surface area contributed by atoms with Crippen LogP contribution in [0, 0.1) is 6.92 Å². The smallest absolute Gasteiger partial charge is 0.259 e. The second kappa shape index (κ2) is 9.43. The topological polar surface area (TPSA) is 87.7 Å². The van der Waals surface area contributed by atoms with Crippen molar-refractivity contribution >= 4 is 17.5 Å². The van der Waals surface area contributed by atoms with Gasteiger partial charge in [-0.05, 0) is 51.4 Å². The van der Waals surface area contributed by atoms with Gasteiger partial charge in [0.1, 0.15) is 11.6 Å². The molecular weight excluding hydrogens is 394 g/mol. The van der Waals surface area contributed by atoms with E-state index in [1.54, 1.807) is 25.4 Å². The van der Waals surface area contributed by atoms with E-state index in [1.807, 2.05) is 24.0 Å². The van der Waals surface area contributed by atoms with Crippen LogP contribution in [0.2, 0.25) is 0 Å². The number of rotatable bonds is 6. The second-order valence-corrected chi connectivity index (χ2v) is 8.19. The quantitative estimate of drug-likeness (QED) is 0.768. The van der Waals surface area contributed by atoms with Crippen LogP contribution < -0.4 is 10.1 Å². The lowest BCUT2D eigenvalue weighted by Crippen LogP contribution is -2.38. The fraction of sp³-hybridized carbons (Fsp3) is 0.478. The zero-order chi connectivity index (χ0) is 21.8. The van der Waals surface area contributed by atoms with Crippen molar-refractivity contribution in [3.63, 3.8) is 0 Å². The monoisotopic (exact) mass is 423 g/mol. The second-order valence-electron chi connectivity index (χ2n) is 8.19. The first-order valence-corrected chi connectivity index (χ1v) is 10.8. The minimum atomic E-state index is -0.276. The first kappa shape index (κ1) is 21.2. The molecule has 0 aliphatic carbocycles. The summed E-state index contributed by atoms with van der Waals surface area (Å²) in [5.41, 5.74) is 1.65. The summed E-state index contributed by atoms with van der Waals surface area (Å²) in [6, 6.07) is 7.26. The zero-order valence-electron chi connectivity index (χ0n) is 18.1. The predicted octanol–water partition coefficient (Wildman–Crippen LogP) is 2.46. The highest BCUT2D eigenvalue weighted by molar-refractivity contribution is 6.05. The van der Waals surface area contributed by atoms with Crippen LogP contribution in [0.15, 0.2) is 30.5 Å². The molecule has 1 unspecified atom stereocenters. The average molecular weight is 424 g/mol. The molecule has 1 aromatic heterocycles. The molecule has 2 aliphatic heterocycles. The number of aryl methyl sites for hydroxylation is 1. The molecule has 2 amide bonds. The van der Waals surface area contributed by atoms with Crippen molar-refractivity contribution < 1.29 is 14.3 Å². The Morgan fingerprint density at radius 3 is 2.71 bits per heavy atom. The molecule has 3 heterocycles. The molecule has 0 spiro atoms. The summed E-state index contributed by atoms with van der Waals surface area (Å²) in [6.07, 6.45) is 4.79. The van der Waals surface area contributed by atoms with Crippen LogP contribution in [-0.4, -0.2) is 71.4 Å². The third-order valence-electron chi connectivity index (χ3n) is 6.06. The van der Waals surface area contributed by atoms with Gasteiger partial charge in [-0.25, -0.2) is 9.97 Å². The van der Waals surface area contributed by atoms with E-state index in [0.29, 0.717) is 41.6 Å². The number of ether oxygens (including phenoxy) is 1. The Hall–Kier alpha value is -3.00. The minimum absolute atomic E-state index is 0.104. The Balaban J connectivity index is 1.39. The van der Waals surface area contributed by atoms with E-state index < -0.39 is 0 Å². The molecule has 0 bridgehead atoms. The Bertz CT molecular complexity index is 958. The number of nitrogens with zero attached hydrogens (tertiary/aromatic N) is 4. The van der Waals surface area contributed by atoms with E-state index in [1.165, 1.54) is 12.8 Å². The summed E-state index contributed by atoms with van der Waals surface area (Å²) in [4.78, 5) is 38.6. The van der Waals surface area contributed by atoms with E-state index in [-0.39, 0.29) is 17.7 Å². The third-order valence-corrected chi connectivity index (χ3v) is 6.06.